The highest BCUT2D eigenvalue weighted by Crippen LogP contribution is 2.75. The lowest BCUT2D eigenvalue weighted by Crippen LogP contribution is -2.48. The highest BCUT2D eigenvalue weighted by molar-refractivity contribution is 8.14. The Balaban J connectivity index is 0.966. The van der Waals surface area contributed by atoms with Crippen molar-refractivity contribution in [1.29, 1.82) is 0 Å². The number of hydrogen-bond donors (Lipinski definition) is 0. The van der Waals surface area contributed by atoms with E-state index in [0.717, 1.165) is 49.2 Å². The maximum absolute atomic E-state index is 16.1. The van der Waals surface area contributed by atoms with E-state index in [2.05, 4.69) is 13.8 Å². The molecule has 2 aliphatic carbocycles. The van der Waals surface area contributed by atoms with Crippen LogP contribution in [0, 0.1) is 11.6 Å². The average Bonchev–Trinajstić information content (AvgIpc) is 3.96. The first-order valence-corrected chi connectivity index (χ1v) is 28.1. The molecule has 0 N–H and O–H groups in total. The molecular weight excluding hydrogens is 981 g/mol. The van der Waals surface area contributed by atoms with Gasteiger partial charge in [0, 0.05) is 32.1 Å². The van der Waals surface area contributed by atoms with Crippen molar-refractivity contribution in [3.8, 4) is 33.8 Å². The summed E-state index contributed by atoms with van der Waals surface area (Å²) >= 11 is 2.08. The molecule has 2 nitrogen and oxygen atoms in total. The fourth-order valence-corrected chi connectivity index (χ4v) is 13.8. The van der Waals surface area contributed by atoms with Gasteiger partial charge in [-0.05, 0) is 109 Å². The predicted octanol–water partition coefficient (Wildman–Crippen LogP) is 20.0. The normalized spacial score (nSPS) is 21.3. The van der Waals surface area contributed by atoms with Crippen molar-refractivity contribution < 1.29 is 44.6 Å². The van der Waals surface area contributed by atoms with Crippen LogP contribution in [0.2, 0.25) is 0 Å². The number of allylic oxidation sites excluding steroid dienone is 4. The summed E-state index contributed by atoms with van der Waals surface area (Å²) in [6.45, 7) is 8.74. The third kappa shape index (κ3) is 11.0. The summed E-state index contributed by atoms with van der Waals surface area (Å²) < 4.78 is 137. The van der Waals surface area contributed by atoms with Crippen LogP contribution in [0.15, 0.2) is 119 Å². The second kappa shape index (κ2) is 23.2. The van der Waals surface area contributed by atoms with Crippen LogP contribution in [0.3, 0.4) is 0 Å². The van der Waals surface area contributed by atoms with Crippen molar-refractivity contribution in [2.24, 2.45) is 0 Å². The molecule has 0 amide bonds. The number of benzene rings is 4. The van der Waals surface area contributed by atoms with Crippen LogP contribution < -0.4 is 9.47 Å². The van der Waals surface area contributed by atoms with Crippen molar-refractivity contribution in [3.05, 3.63) is 142 Å². The zero-order valence-electron chi connectivity index (χ0n) is 42.5. The van der Waals surface area contributed by atoms with Gasteiger partial charge in [-0.15, -0.1) is 23.5 Å². The third-order valence-corrected chi connectivity index (χ3v) is 18.5. The number of unbranched alkanes of at least 4 members (excludes halogenated alkanes) is 16. The molecule has 1 fully saturated rings. The van der Waals surface area contributed by atoms with Gasteiger partial charge in [-0.3, -0.25) is 0 Å². The van der Waals surface area contributed by atoms with Crippen LogP contribution in [0.5, 0.6) is 11.5 Å². The van der Waals surface area contributed by atoms with Crippen LogP contribution in [-0.2, 0) is 0 Å². The van der Waals surface area contributed by atoms with Crippen LogP contribution >= 0.6 is 23.5 Å². The maximum atomic E-state index is 16.1. The highest BCUT2D eigenvalue weighted by atomic mass is 32.2. The zero-order chi connectivity index (χ0) is 52.0. The Labute approximate surface area is 435 Å². The molecular formula is C61H68F8O2S2. The van der Waals surface area contributed by atoms with Gasteiger partial charge in [-0.1, -0.05) is 165 Å². The fourth-order valence-electron chi connectivity index (χ4n) is 10.7. The number of fused-ring (bicyclic) bond motifs is 4. The molecule has 4 aromatic rings. The molecule has 4 aromatic carbocycles. The van der Waals surface area contributed by atoms with E-state index in [1.54, 1.807) is 86.6 Å². The number of rotatable bonds is 26. The second-order valence-electron chi connectivity index (χ2n) is 20.4. The van der Waals surface area contributed by atoms with Gasteiger partial charge < -0.3 is 9.47 Å². The summed E-state index contributed by atoms with van der Waals surface area (Å²) in [7, 11) is 0. The molecule has 1 saturated carbocycles. The summed E-state index contributed by atoms with van der Waals surface area (Å²) in [5.74, 6) is -16.1. The molecule has 12 heteroatoms. The second-order valence-corrected chi connectivity index (χ2v) is 23.3. The molecule has 73 heavy (non-hydrogen) atoms. The van der Waals surface area contributed by atoms with Gasteiger partial charge in [0.2, 0.25) is 0 Å². The van der Waals surface area contributed by atoms with Gasteiger partial charge >= 0.3 is 17.8 Å². The lowest BCUT2D eigenvalue weighted by Gasteiger charge is -2.47. The maximum Gasteiger partial charge on any atom is 0.380 e. The molecule has 0 bridgehead atoms. The van der Waals surface area contributed by atoms with Gasteiger partial charge in [-0.2, -0.15) is 26.3 Å². The molecule has 0 saturated heterocycles. The number of alkyl halides is 6. The van der Waals surface area contributed by atoms with Crippen LogP contribution in [0.25, 0.3) is 32.1 Å². The lowest BCUT2D eigenvalue weighted by atomic mass is 9.71. The van der Waals surface area contributed by atoms with Gasteiger partial charge in [0.15, 0.2) is 0 Å². The van der Waals surface area contributed by atoms with Crippen molar-refractivity contribution in [2.75, 3.05) is 13.2 Å². The Kier molecular flexibility index (Phi) is 17.4. The monoisotopic (exact) mass is 1050 g/mol. The van der Waals surface area contributed by atoms with Crippen molar-refractivity contribution in [1.82, 2.24) is 0 Å². The standard InChI is InChI=1S/C61H68F8O2S2/c1-5-7-9-11-13-15-17-19-21-35-70-45-29-23-41(24-30-45)47-33-27-43(37-51(47)62)53-39-49-55-56(60(66,67)61(68,69)59(55,64)65)50-40-54(73-58(50,4)57(49,3)72-53)44-28-34-48(52(63)38-44)42-25-31-46(32-26-42)71-36-22-20-18-16-14-12-10-8-6-2/h23-34,37-40H,5-22,35-36H2,1-4H3/t57-,58-/m0/s1. The molecule has 4 aliphatic rings. The van der Waals surface area contributed by atoms with Gasteiger partial charge in [0.1, 0.15) is 23.1 Å². The summed E-state index contributed by atoms with van der Waals surface area (Å²) in [5.41, 5.74) is -1.35. The van der Waals surface area contributed by atoms with Crippen LogP contribution in [0.4, 0.5) is 35.1 Å². The quantitative estimate of drug-likeness (QED) is 0.0461. The Bertz CT molecular complexity index is 2520. The number of ether oxygens (including phenoxy) is 2. The average molecular weight is 1050 g/mol. The SMILES string of the molecule is CCCCCCCCCCCOc1ccc(-c2ccc(C3=CC4=C5C(=C6C=C(c7ccc(-c8ccc(OCCCCCCCCCCC)cc8)c(F)c7)S[C@]6(C)[C@@]4(C)S3)C(F)(F)C(F)(F)C5(F)F)cc2F)cc1. The predicted molar refractivity (Wildman–Crippen MR) is 286 cm³/mol. The molecule has 392 valence electrons. The fraction of sp³-hybridized carbons (Fsp3) is 0.475. The van der Waals surface area contributed by atoms with E-state index in [4.69, 9.17) is 9.47 Å². The first-order valence-electron chi connectivity index (χ1n) is 26.5. The molecule has 0 radical (unpaired) electrons. The molecule has 2 aliphatic heterocycles. The number of hydrogen-bond acceptors (Lipinski definition) is 4. The van der Waals surface area contributed by atoms with E-state index >= 15 is 35.1 Å². The van der Waals surface area contributed by atoms with Gasteiger partial charge in [0.05, 0.1) is 22.7 Å². The topological polar surface area (TPSA) is 18.5 Å². The van der Waals surface area contributed by atoms with Crippen molar-refractivity contribution >= 4 is 33.3 Å². The molecule has 0 spiro atoms. The minimum atomic E-state index is -5.75. The smallest absolute Gasteiger partial charge is 0.380 e. The summed E-state index contributed by atoms with van der Waals surface area (Å²) in [6.07, 6.45) is 24.1. The van der Waals surface area contributed by atoms with Crippen LogP contribution in [-0.4, -0.2) is 40.5 Å². The summed E-state index contributed by atoms with van der Waals surface area (Å²) in [5, 5.41) is 0. The number of halogens is 8. The Morgan fingerprint density at radius 1 is 0.411 bits per heavy atom. The summed E-state index contributed by atoms with van der Waals surface area (Å²) in [4.78, 5) is 0.521. The largest absolute Gasteiger partial charge is 0.494 e. The van der Waals surface area contributed by atoms with Crippen molar-refractivity contribution in [3.63, 3.8) is 0 Å². The molecule has 8 rings (SSSR count). The first kappa shape index (κ1) is 54.8. The first-order chi connectivity index (χ1) is 35.0. The third-order valence-electron chi connectivity index (χ3n) is 15.2. The summed E-state index contributed by atoms with van der Waals surface area (Å²) in [6, 6.07) is 22.9. The van der Waals surface area contributed by atoms with E-state index in [0.29, 0.717) is 35.8 Å². The van der Waals surface area contributed by atoms with E-state index in [1.807, 2.05) is 0 Å². The van der Waals surface area contributed by atoms with Gasteiger partial charge in [-0.25, -0.2) is 8.78 Å². The van der Waals surface area contributed by atoms with E-state index < -0.39 is 50.0 Å². The van der Waals surface area contributed by atoms with E-state index in [1.165, 1.54) is 114 Å². The minimum Gasteiger partial charge on any atom is -0.494 e. The van der Waals surface area contributed by atoms with Gasteiger partial charge in [0.25, 0.3) is 0 Å². The molecule has 2 heterocycles. The van der Waals surface area contributed by atoms with E-state index in [9.17, 15) is 0 Å². The molecule has 0 aromatic heterocycles. The highest BCUT2D eigenvalue weighted by Gasteiger charge is 2.84. The van der Waals surface area contributed by atoms with Crippen LogP contribution in [0.1, 0.15) is 154 Å². The minimum absolute atomic E-state index is 0.260. The number of thioether (sulfide) groups is 2. The Morgan fingerprint density at radius 2 is 0.726 bits per heavy atom. The Morgan fingerprint density at radius 3 is 1.05 bits per heavy atom. The lowest BCUT2D eigenvalue weighted by molar-refractivity contribution is -0.258. The molecule has 0 unspecified atom stereocenters. The van der Waals surface area contributed by atoms with E-state index in [-0.39, 0.29) is 43.2 Å². The van der Waals surface area contributed by atoms with Crippen molar-refractivity contribution in [2.45, 2.75) is 171 Å². The molecule has 2 atom stereocenters. The Hall–Kier alpha value is -4.42. The zero-order valence-corrected chi connectivity index (χ0v) is 44.2.